The molecule has 24 heavy (non-hydrogen) atoms. The molecule has 124 valence electrons. The molecule has 1 aliphatic rings. The van der Waals surface area contributed by atoms with Crippen molar-refractivity contribution in [3.8, 4) is 0 Å². The number of carbonyl (C=O) groups is 1. The van der Waals surface area contributed by atoms with Gasteiger partial charge in [-0.1, -0.05) is 59.6 Å². The average Bonchev–Trinajstić information content (AvgIpc) is 2.59. The van der Waals surface area contributed by atoms with Gasteiger partial charge in [0.1, 0.15) is 0 Å². The Morgan fingerprint density at radius 1 is 0.958 bits per heavy atom. The minimum atomic E-state index is -0.761. The number of aliphatic carboxylic acids is 1. The maximum Gasteiger partial charge on any atom is 0.317 e. The SMILES string of the molecule is O=C(O)CN1CCC(=C(c2ccccc2)c2ccc(Cl)cc2)CC1. The molecule has 1 aliphatic heterocycles. The van der Waals surface area contributed by atoms with E-state index >= 15 is 0 Å². The molecule has 0 bridgehead atoms. The third kappa shape index (κ3) is 4.05. The quantitative estimate of drug-likeness (QED) is 0.900. The smallest absolute Gasteiger partial charge is 0.317 e. The van der Waals surface area contributed by atoms with Crippen LogP contribution in [0.25, 0.3) is 5.57 Å². The Labute approximate surface area is 147 Å². The molecule has 0 atom stereocenters. The second kappa shape index (κ2) is 7.65. The maximum atomic E-state index is 10.9. The zero-order chi connectivity index (χ0) is 16.9. The van der Waals surface area contributed by atoms with Gasteiger partial charge in [0, 0.05) is 18.1 Å². The zero-order valence-electron chi connectivity index (χ0n) is 13.4. The summed E-state index contributed by atoms with van der Waals surface area (Å²) in [6.07, 6.45) is 1.78. The number of halogens is 1. The van der Waals surface area contributed by atoms with Crippen molar-refractivity contribution >= 4 is 23.1 Å². The molecule has 2 aromatic rings. The molecule has 0 spiro atoms. The van der Waals surface area contributed by atoms with E-state index in [1.54, 1.807) is 0 Å². The summed E-state index contributed by atoms with van der Waals surface area (Å²) >= 11 is 6.04. The number of carboxylic acid groups (broad SMARTS) is 1. The van der Waals surface area contributed by atoms with Crippen LogP contribution in [-0.4, -0.2) is 35.6 Å². The third-order valence-corrected chi connectivity index (χ3v) is 4.62. The second-order valence-corrected chi connectivity index (χ2v) is 6.46. The molecule has 1 saturated heterocycles. The van der Waals surface area contributed by atoms with Gasteiger partial charge in [0.05, 0.1) is 6.54 Å². The predicted octanol–water partition coefficient (Wildman–Crippen LogP) is 4.32. The van der Waals surface area contributed by atoms with Gasteiger partial charge in [0.2, 0.25) is 0 Å². The highest BCUT2D eigenvalue weighted by molar-refractivity contribution is 6.30. The molecule has 2 aromatic carbocycles. The summed E-state index contributed by atoms with van der Waals surface area (Å²) in [5, 5.41) is 9.69. The molecule has 1 fully saturated rings. The number of hydrogen-bond acceptors (Lipinski definition) is 2. The normalized spacial score (nSPS) is 15.3. The fourth-order valence-corrected chi connectivity index (χ4v) is 3.34. The molecule has 3 nitrogen and oxygen atoms in total. The number of nitrogens with zero attached hydrogens (tertiary/aromatic N) is 1. The van der Waals surface area contributed by atoms with Crippen LogP contribution in [0.2, 0.25) is 5.02 Å². The van der Waals surface area contributed by atoms with Crippen LogP contribution < -0.4 is 0 Å². The Bertz CT molecular complexity index is 728. The van der Waals surface area contributed by atoms with E-state index in [2.05, 4.69) is 24.3 Å². The standard InChI is InChI=1S/C20H20ClNO2/c21-18-8-6-16(7-9-18)20(15-4-2-1-3-5-15)17-10-12-22(13-11-17)14-19(23)24/h1-9H,10-14H2,(H,23,24). The molecule has 4 heteroatoms. The van der Waals surface area contributed by atoms with Crippen molar-refractivity contribution < 1.29 is 9.90 Å². The molecule has 0 amide bonds. The molecule has 0 saturated carbocycles. The molecule has 1 heterocycles. The highest BCUT2D eigenvalue weighted by Gasteiger charge is 2.20. The minimum Gasteiger partial charge on any atom is -0.480 e. The monoisotopic (exact) mass is 341 g/mol. The molecule has 3 rings (SSSR count). The first-order valence-electron chi connectivity index (χ1n) is 8.11. The van der Waals surface area contributed by atoms with Crippen LogP contribution >= 0.6 is 11.6 Å². The fourth-order valence-electron chi connectivity index (χ4n) is 3.22. The fraction of sp³-hybridized carbons (Fsp3) is 0.250. The molecule has 0 aliphatic carbocycles. The van der Waals surface area contributed by atoms with E-state index in [0.717, 1.165) is 36.5 Å². The zero-order valence-corrected chi connectivity index (χ0v) is 14.2. The summed E-state index contributed by atoms with van der Waals surface area (Å²) in [4.78, 5) is 12.9. The van der Waals surface area contributed by atoms with Crippen LogP contribution in [0.3, 0.4) is 0 Å². The van der Waals surface area contributed by atoms with Gasteiger partial charge in [-0.05, 0) is 41.7 Å². The van der Waals surface area contributed by atoms with E-state index in [1.807, 2.05) is 35.2 Å². The topological polar surface area (TPSA) is 40.5 Å². The van der Waals surface area contributed by atoms with Crippen LogP contribution in [-0.2, 0) is 4.79 Å². The van der Waals surface area contributed by atoms with E-state index in [-0.39, 0.29) is 6.54 Å². The molecule has 1 N–H and O–H groups in total. The molecule has 0 aromatic heterocycles. The van der Waals surface area contributed by atoms with Crippen LogP contribution in [0.1, 0.15) is 24.0 Å². The number of likely N-dealkylation sites (tertiary alicyclic amines) is 1. The van der Waals surface area contributed by atoms with E-state index < -0.39 is 5.97 Å². The highest BCUT2D eigenvalue weighted by atomic mass is 35.5. The summed E-state index contributed by atoms with van der Waals surface area (Å²) < 4.78 is 0. The summed E-state index contributed by atoms with van der Waals surface area (Å²) in [5.74, 6) is -0.761. The minimum absolute atomic E-state index is 0.120. The lowest BCUT2D eigenvalue weighted by atomic mass is 9.88. The first-order valence-corrected chi connectivity index (χ1v) is 8.49. The number of benzene rings is 2. The average molecular weight is 342 g/mol. The first kappa shape index (κ1) is 16.7. The van der Waals surface area contributed by atoms with Gasteiger partial charge < -0.3 is 5.11 Å². The van der Waals surface area contributed by atoms with Gasteiger partial charge >= 0.3 is 5.97 Å². The molecular formula is C20H20ClNO2. The maximum absolute atomic E-state index is 10.9. The predicted molar refractivity (Wildman–Crippen MR) is 97.2 cm³/mol. The van der Waals surface area contributed by atoms with Crippen LogP contribution in [0.15, 0.2) is 60.2 Å². The summed E-state index contributed by atoms with van der Waals surface area (Å²) in [5.41, 5.74) is 4.99. The van der Waals surface area contributed by atoms with Crippen molar-refractivity contribution in [1.29, 1.82) is 0 Å². The van der Waals surface area contributed by atoms with Crippen molar-refractivity contribution in [3.63, 3.8) is 0 Å². The van der Waals surface area contributed by atoms with Gasteiger partial charge in [-0.25, -0.2) is 0 Å². The van der Waals surface area contributed by atoms with Gasteiger partial charge in [0.15, 0.2) is 0 Å². The van der Waals surface area contributed by atoms with E-state index in [4.69, 9.17) is 16.7 Å². The Balaban J connectivity index is 1.93. The lowest BCUT2D eigenvalue weighted by molar-refractivity contribution is -0.138. The van der Waals surface area contributed by atoms with Crippen molar-refractivity contribution in [2.24, 2.45) is 0 Å². The second-order valence-electron chi connectivity index (χ2n) is 6.02. The number of rotatable bonds is 4. The van der Waals surface area contributed by atoms with Gasteiger partial charge in [-0.15, -0.1) is 0 Å². The van der Waals surface area contributed by atoms with E-state index in [1.165, 1.54) is 16.7 Å². The van der Waals surface area contributed by atoms with E-state index in [9.17, 15) is 4.79 Å². The van der Waals surface area contributed by atoms with Crippen molar-refractivity contribution in [2.75, 3.05) is 19.6 Å². The van der Waals surface area contributed by atoms with Crippen LogP contribution in [0.4, 0.5) is 0 Å². The molecule has 0 radical (unpaired) electrons. The molecule has 0 unspecified atom stereocenters. The van der Waals surface area contributed by atoms with E-state index in [0.29, 0.717) is 0 Å². The van der Waals surface area contributed by atoms with Crippen LogP contribution in [0, 0.1) is 0 Å². The lowest BCUT2D eigenvalue weighted by Crippen LogP contribution is -2.35. The molecular weight excluding hydrogens is 322 g/mol. The number of hydrogen-bond donors (Lipinski definition) is 1. The van der Waals surface area contributed by atoms with Gasteiger partial charge in [0.25, 0.3) is 0 Å². The third-order valence-electron chi connectivity index (χ3n) is 4.37. The Hall–Kier alpha value is -2.10. The van der Waals surface area contributed by atoms with Crippen molar-refractivity contribution in [2.45, 2.75) is 12.8 Å². The first-order chi connectivity index (χ1) is 11.6. The number of carboxylic acids is 1. The summed E-state index contributed by atoms with van der Waals surface area (Å²) in [6.45, 7) is 1.69. The van der Waals surface area contributed by atoms with Crippen molar-refractivity contribution in [3.05, 3.63) is 76.3 Å². The Morgan fingerprint density at radius 2 is 1.54 bits per heavy atom. The van der Waals surface area contributed by atoms with Crippen LogP contribution in [0.5, 0.6) is 0 Å². The number of piperidine rings is 1. The largest absolute Gasteiger partial charge is 0.480 e. The highest BCUT2D eigenvalue weighted by Crippen LogP contribution is 2.32. The Morgan fingerprint density at radius 3 is 2.12 bits per heavy atom. The summed E-state index contributed by atoms with van der Waals surface area (Å²) in [6, 6.07) is 18.3. The van der Waals surface area contributed by atoms with Gasteiger partial charge in [-0.3, -0.25) is 9.69 Å². The Kier molecular flexibility index (Phi) is 5.34. The van der Waals surface area contributed by atoms with Crippen molar-refractivity contribution in [1.82, 2.24) is 4.90 Å². The lowest BCUT2D eigenvalue weighted by Gasteiger charge is -2.29. The van der Waals surface area contributed by atoms with Gasteiger partial charge in [-0.2, -0.15) is 0 Å². The summed E-state index contributed by atoms with van der Waals surface area (Å²) in [7, 11) is 0.